The predicted octanol–water partition coefficient (Wildman–Crippen LogP) is 5.75. The summed E-state index contributed by atoms with van der Waals surface area (Å²) in [6.45, 7) is 11.1. The maximum atomic E-state index is 10.7. The summed E-state index contributed by atoms with van der Waals surface area (Å²) in [4.78, 5) is 0. The monoisotopic (exact) mass is 402 g/mol. The van der Waals surface area contributed by atoms with Gasteiger partial charge in [-0.15, -0.1) is 0 Å². The molecule has 0 aliphatic rings. The van der Waals surface area contributed by atoms with Crippen molar-refractivity contribution in [3.63, 3.8) is 0 Å². The van der Waals surface area contributed by atoms with Crippen LogP contribution >= 0.6 is 0 Å². The van der Waals surface area contributed by atoms with Crippen LogP contribution in [-0.2, 0) is 6.42 Å². The highest BCUT2D eigenvalue weighted by atomic mass is 28.4. The molecule has 0 unspecified atom stereocenters. The Labute approximate surface area is 170 Å². The normalized spacial score (nSPS) is 13.1. The first-order valence-electron chi connectivity index (χ1n) is 9.75. The van der Waals surface area contributed by atoms with E-state index in [0.717, 1.165) is 23.3 Å². The second-order valence-electron chi connectivity index (χ2n) is 8.68. The van der Waals surface area contributed by atoms with Crippen molar-refractivity contribution < 1.29 is 19.0 Å². The third-order valence-electron chi connectivity index (χ3n) is 5.58. The van der Waals surface area contributed by atoms with E-state index in [1.807, 2.05) is 42.5 Å². The van der Waals surface area contributed by atoms with Gasteiger partial charge in [0.15, 0.2) is 11.5 Å². The first kappa shape index (κ1) is 22.3. The molecule has 2 rings (SSSR count). The number of hydrogen-bond donors (Lipinski definition) is 1. The van der Waals surface area contributed by atoms with E-state index in [-0.39, 0.29) is 5.04 Å². The molecule has 0 heterocycles. The van der Waals surface area contributed by atoms with Crippen molar-refractivity contribution in [2.24, 2.45) is 0 Å². The van der Waals surface area contributed by atoms with Gasteiger partial charge in [0.2, 0.25) is 8.32 Å². The van der Waals surface area contributed by atoms with Gasteiger partial charge in [0.05, 0.1) is 20.3 Å². The molecule has 0 spiro atoms. The Hall–Kier alpha value is -1.98. The fourth-order valence-corrected chi connectivity index (χ4v) is 3.76. The van der Waals surface area contributed by atoms with Crippen LogP contribution in [0.15, 0.2) is 42.5 Å². The van der Waals surface area contributed by atoms with Crippen LogP contribution in [0.4, 0.5) is 0 Å². The number of aliphatic hydroxyl groups is 1. The zero-order chi connectivity index (χ0) is 20.9. The Morgan fingerprint density at radius 3 is 2.25 bits per heavy atom. The van der Waals surface area contributed by atoms with Gasteiger partial charge in [-0.25, -0.2) is 0 Å². The number of hydrogen-bond acceptors (Lipinski definition) is 4. The summed E-state index contributed by atoms with van der Waals surface area (Å²) in [5.74, 6) is 2.26. The molecule has 2 aromatic carbocycles. The standard InChI is InChI=1S/C23H34O4Si/c1-23(2,3)28(6,7)27-19-10-8-9-18(16-19)20(24)13-11-17-12-14-21(25-4)22(15-17)26-5/h8-10,12,14-16,20,24H,11,13H2,1-7H3/t20-/m1/s1. The molecule has 0 aliphatic heterocycles. The van der Waals surface area contributed by atoms with Crippen LogP contribution in [0, 0.1) is 0 Å². The third kappa shape index (κ3) is 5.52. The number of benzene rings is 2. The minimum absolute atomic E-state index is 0.134. The van der Waals surface area contributed by atoms with E-state index in [9.17, 15) is 5.11 Å². The van der Waals surface area contributed by atoms with Crippen molar-refractivity contribution in [1.82, 2.24) is 0 Å². The van der Waals surface area contributed by atoms with Gasteiger partial charge in [0.25, 0.3) is 0 Å². The van der Waals surface area contributed by atoms with Gasteiger partial charge in [0, 0.05) is 0 Å². The fourth-order valence-electron chi connectivity index (χ4n) is 2.74. The number of ether oxygens (including phenoxy) is 2. The summed E-state index contributed by atoms with van der Waals surface area (Å²) in [5, 5.41) is 10.8. The maximum absolute atomic E-state index is 10.7. The topological polar surface area (TPSA) is 47.9 Å². The van der Waals surface area contributed by atoms with Crippen molar-refractivity contribution in [2.45, 2.75) is 57.8 Å². The lowest BCUT2D eigenvalue weighted by Crippen LogP contribution is -2.43. The highest BCUT2D eigenvalue weighted by Gasteiger charge is 2.39. The molecule has 1 N–H and O–H groups in total. The molecule has 1 atom stereocenters. The average molecular weight is 403 g/mol. The lowest BCUT2D eigenvalue weighted by atomic mass is 10.0. The molecule has 0 amide bonds. The third-order valence-corrected chi connectivity index (χ3v) is 9.93. The molecule has 0 bridgehead atoms. The lowest BCUT2D eigenvalue weighted by Gasteiger charge is -2.36. The largest absolute Gasteiger partial charge is 0.543 e. The van der Waals surface area contributed by atoms with E-state index in [1.54, 1.807) is 14.2 Å². The first-order chi connectivity index (χ1) is 13.1. The molecule has 0 saturated carbocycles. The number of aliphatic hydroxyl groups excluding tert-OH is 1. The zero-order valence-electron chi connectivity index (χ0n) is 18.2. The van der Waals surface area contributed by atoms with Gasteiger partial charge in [-0.3, -0.25) is 0 Å². The van der Waals surface area contributed by atoms with Crippen LogP contribution in [-0.4, -0.2) is 27.6 Å². The van der Waals surface area contributed by atoms with Gasteiger partial charge < -0.3 is 19.0 Å². The van der Waals surface area contributed by atoms with Crippen LogP contribution in [0.25, 0.3) is 0 Å². The van der Waals surface area contributed by atoms with Gasteiger partial charge in [0.1, 0.15) is 5.75 Å². The zero-order valence-corrected chi connectivity index (χ0v) is 19.2. The van der Waals surface area contributed by atoms with Crippen LogP contribution in [0.3, 0.4) is 0 Å². The number of aryl methyl sites for hydroxylation is 1. The van der Waals surface area contributed by atoms with Gasteiger partial charge in [-0.1, -0.05) is 39.0 Å². The molecule has 0 fully saturated rings. The summed E-state index contributed by atoms with van der Waals surface area (Å²) in [6, 6.07) is 13.7. The summed E-state index contributed by atoms with van der Waals surface area (Å²) >= 11 is 0. The van der Waals surface area contributed by atoms with E-state index < -0.39 is 14.4 Å². The predicted molar refractivity (Wildman–Crippen MR) is 117 cm³/mol. The lowest BCUT2D eigenvalue weighted by molar-refractivity contribution is 0.167. The van der Waals surface area contributed by atoms with Crippen molar-refractivity contribution in [3.05, 3.63) is 53.6 Å². The van der Waals surface area contributed by atoms with E-state index in [2.05, 4.69) is 33.9 Å². The van der Waals surface area contributed by atoms with Gasteiger partial charge >= 0.3 is 0 Å². The molecular formula is C23H34O4Si. The summed E-state index contributed by atoms with van der Waals surface area (Å²) in [6.07, 6.45) is 0.824. The molecule has 5 heteroatoms. The Morgan fingerprint density at radius 1 is 0.964 bits per heavy atom. The average Bonchev–Trinajstić information content (AvgIpc) is 2.64. The molecule has 0 aromatic heterocycles. The van der Waals surface area contributed by atoms with Crippen LogP contribution in [0.5, 0.6) is 17.2 Å². The molecule has 28 heavy (non-hydrogen) atoms. The van der Waals surface area contributed by atoms with Crippen molar-refractivity contribution in [2.75, 3.05) is 14.2 Å². The summed E-state index contributed by atoms with van der Waals surface area (Å²) < 4.78 is 17.0. The second-order valence-corrected chi connectivity index (χ2v) is 13.4. The Morgan fingerprint density at radius 2 is 1.64 bits per heavy atom. The molecule has 4 nitrogen and oxygen atoms in total. The molecule has 0 saturated heterocycles. The Kier molecular flexibility index (Phi) is 7.18. The maximum Gasteiger partial charge on any atom is 0.250 e. The summed E-state index contributed by atoms with van der Waals surface area (Å²) in [7, 11) is 1.35. The number of rotatable bonds is 8. The number of methoxy groups -OCH3 is 2. The van der Waals surface area contributed by atoms with E-state index in [1.165, 1.54) is 0 Å². The van der Waals surface area contributed by atoms with Gasteiger partial charge in [-0.05, 0) is 66.4 Å². The highest BCUT2D eigenvalue weighted by molar-refractivity contribution is 6.74. The molecule has 154 valence electrons. The SMILES string of the molecule is COc1ccc(CC[C@@H](O)c2cccc(O[Si](C)(C)C(C)(C)C)c2)cc1OC. The van der Waals surface area contributed by atoms with Gasteiger partial charge in [-0.2, -0.15) is 0 Å². The van der Waals surface area contributed by atoms with Crippen molar-refractivity contribution in [3.8, 4) is 17.2 Å². The molecule has 0 radical (unpaired) electrons. The quantitative estimate of drug-likeness (QED) is 0.571. The Bertz CT molecular complexity index is 780. The van der Waals surface area contributed by atoms with Crippen LogP contribution in [0.1, 0.15) is 44.4 Å². The minimum Gasteiger partial charge on any atom is -0.543 e. The van der Waals surface area contributed by atoms with Crippen molar-refractivity contribution in [1.29, 1.82) is 0 Å². The van der Waals surface area contributed by atoms with E-state index in [4.69, 9.17) is 13.9 Å². The fraction of sp³-hybridized carbons (Fsp3) is 0.478. The summed E-state index contributed by atoms with van der Waals surface area (Å²) in [5.41, 5.74) is 1.99. The minimum atomic E-state index is -1.90. The molecule has 2 aromatic rings. The van der Waals surface area contributed by atoms with Crippen molar-refractivity contribution >= 4 is 8.32 Å². The Balaban J connectivity index is 2.06. The molecule has 0 aliphatic carbocycles. The van der Waals surface area contributed by atoms with Crippen LogP contribution < -0.4 is 13.9 Å². The van der Waals surface area contributed by atoms with Crippen LogP contribution in [0.2, 0.25) is 18.1 Å². The molecular weight excluding hydrogens is 368 g/mol. The van der Waals surface area contributed by atoms with E-state index in [0.29, 0.717) is 17.9 Å². The first-order valence-corrected chi connectivity index (χ1v) is 12.7. The van der Waals surface area contributed by atoms with E-state index >= 15 is 0 Å². The smallest absolute Gasteiger partial charge is 0.250 e. The second kappa shape index (κ2) is 9.01. The highest BCUT2D eigenvalue weighted by Crippen LogP contribution is 2.38.